The van der Waals surface area contributed by atoms with Gasteiger partial charge in [-0.1, -0.05) is 30.3 Å². The van der Waals surface area contributed by atoms with Gasteiger partial charge in [-0.25, -0.2) is 13.2 Å². The first-order valence-electron chi connectivity index (χ1n) is 13.6. The number of ether oxygens (including phenoxy) is 3. The monoisotopic (exact) mass is 583 g/mol. The summed E-state index contributed by atoms with van der Waals surface area (Å²) >= 11 is 0. The molecule has 42 heavy (non-hydrogen) atoms. The van der Waals surface area contributed by atoms with Crippen molar-refractivity contribution in [3.8, 4) is 5.75 Å². The third-order valence-corrected chi connectivity index (χ3v) is 8.09. The van der Waals surface area contributed by atoms with Crippen molar-refractivity contribution in [2.24, 2.45) is 0 Å². The number of pyridine rings is 1. The Labute approximate surface area is 238 Å². The fraction of sp³-hybridized carbons (Fsp3) is 0.367. The molecule has 2 aromatic carbocycles. The van der Waals surface area contributed by atoms with E-state index < -0.39 is 64.2 Å². The molecule has 220 valence electrons. The van der Waals surface area contributed by atoms with Crippen LogP contribution in [0.5, 0.6) is 5.75 Å². The predicted molar refractivity (Wildman–Crippen MR) is 142 cm³/mol. The molecular formula is C30H28F3N3O6. The normalized spacial score (nSPS) is 20.8. The third kappa shape index (κ3) is 4.84. The minimum absolute atomic E-state index is 0.0356. The number of fused-ring (bicyclic) bond motifs is 5. The van der Waals surface area contributed by atoms with Crippen molar-refractivity contribution in [1.29, 1.82) is 0 Å². The highest BCUT2D eigenvalue weighted by Crippen LogP contribution is 2.44. The molecule has 0 radical (unpaired) electrons. The van der Waals surface area contributed by atoms with Crippen molar-refractivity contribution < 1.29 is 37.0 Å². The smallest absolute Gasteiger partial charge is 0.274 e. The highest BCUT2D eigenvalue weighted by atomic mass is 19.1. The number of amides is 2. The van der Waals surface area contributed by atoms with Crippen molar-refractivity contribution in [2.75, 3.05) is 19.8 Å². The lowest BCUT2D eigenvalue weighted by Gasteiger charge is -2.42. The van der Waals surface area contributed by atoms with E-state index in [1.807, 2.05) is 13.0 Å². The number of carbonyl (C=O) groups excluding carboxylic acids is 2. The summed E-state index contributed by atoms with van der Waals surface area (Å²) in [5.74, 6) is -6.28. The Kier molecular flexibility index (Phi) is 7.27. The maximum Gasteiger partial charge on any atom is 0.274 e. The molecule has 2 fully saturated rings. The molecule has 0 unspecified atom stereocenters. The van der Waals surface area contributed by atoms with Gasteiger partial charge in [-0.15, -0.1) is 0 Å². The predicted octanol–water partition coefficient (Wildman–Crippen LogP) is 3.70. The van der Waals surface area contributed by atoms with Crippen LogP contribution in [0.2, 0.25) is 0 Å². The van der Waals surface area contributed by atoms with Crippen LogP contribution in [0.1, 0.15) is 57.8 Å². The average Bonchev–Trinajstić information content (AvgIpc) is 3.40. The van der Waals surface area contributed by atoms with Crippen LogP contribution in [0.25, 0.3) is 0 Å². The first-order chi connectivity index (χ1) is 20.2. The summed E-state index contributed by atoms with van der Waals surface area (Å²) in [7, 11) is 0. The molecule has 12 heteroatoms. The topological polar surface area (TPSA) is 99.1 Å². The molecule has 2 saturated heterocycles. The molecular weight excluding hydrogens is 555 g/mol. The molecule has 0 aliphatic carbocycles. The van der Waals surface area contributed by atoms with E-state index in [1.54, 1.807) is 29.2 Å². The molecule has 1 spiro atoms. The van der Waals surface area contributed by atoms with Gasteiger partial charge in [-0.3, -0.25) is 14.4 Å². The fourth-order valence-corrected chi connectivity index (χ4v) is 5.86. The van der Waals surface area contributed by atoms with Gasteiger partial charge in [-0.2, -0.15) is 0 Å². The maximum absolute atomic E-state index is 14.2. The minimum atomic E-state index is -1.18. The lowest BCUT2D eigenvalue weighted by atomic mass is 9.99. The van der Waals surface area contributed by atoms with E-state index >= 15 is 0 Å². The summed E-state index contributed by atoms with van der Waals surface area (Å²) in [6.07, 6.45) is 2.31. The van der Waals surface area contributed by atoms with Gasteiger partial charge in [0.15, 0.2) is 17.2 Å². The summed E-state index contributed by atoms with van der Waals surface area (Å²) in [4.78, 5) is 42.7. The minimum Gasteiger partial charge on any atom is -0.483 e. The van der Waals surface area contributed by atoms with Crippen LogP contribution in [0, 0.1) is 17.5 Å². The Hall–Kier alpha value is -4.16. The standard InChI is InChI=1S/C30H28F3N3O6/c1-17-7-8-30(41-9-10-42-30)24-15-35(17)29(39)25-27(40-16-18-5-3-2-4-6-18)26(37)21(14-36(24)25)28(38)34-13-20-22(32)11-19(31)12-23(20)33/h2-6,11-12,14,17,24H,7-10,13,15-16H2,1H3,(H,34,38)/t17-,24+/m0/s1. The van der Waals surface area contributed by atoms with E-state index in [0.717, 1.165) is 5.56 Å². The number of hydrogen-bond donors (Lipinski definition) is 1. The van der Waals surface area contributed by atoms with E-state index in [-0.39, 0.29) is 30.6 Å². The van der Waals surface area contributed by atoms with Gasteiger partial charge in [0.2, 0.25) is 5.43 Å². The van der Waals surface area contributed by atoms with Crippen molar-refractivity contribution in [3.63, 3.8) is 0 Å². The quantitative estimate of drug-likeness (QED) is 0.476. The van der Waals surface area contributed by atoms with Crippen molar-refractivity contribution in [2.45, 2.75) is 50.8 Å². The lowest BCUT2D eigenvalue weighted by Crippen LogP contribution is -2.53. The van der Waals surface area contributed by atoms with Gasteiger partial charge in [0, 0.05) is 49.4 Å². The van der Waals surface area contributed by atoms with Crippen molar-refractivity contribution >= 4 is 11.8 Å². The SMILES string of the molecule is C[C@H]1CCC2(OCCO2)[C@H]2CN1C(=O)c1c(OCc3ccccc3)c(=O)c(C(=O)NCc3c(F)cc(F)cc3F)cn12. The first-order valence-corrected chi connectivity index (χ1v) is 13.6. The van der Waals surface area contributed by atoms with Crippen LogP contribution < -0.4 is 15.5 Å². The summed E-state index contributed by atoms with van der Waals surface area (Å²) < 4.78 is 61.5. The number of nitrogens with zero attached hydrogens (tertiary/aromatic N) is 2. The molecule has 1 aromatic heterocycles. The molecule has 0 saturated carbocycles. The number of hydrogen-bond acceptors (Lipinski definition) is 6. The van der Waals surface area contributed by atoms with Crippen molar-refractivity contribution in [3.05, 3.63) is 98.7 Å². The van der Waals surface area contributed by atoms with Gasteiger partial charge in [0.05, 0.1) is 13.2 Å². The summed E-state index contributed by atoms with van der Waals surface area (Å²) in [6, 6.07) is 9.19. The largest absolute Gasteiger partial charge is 0.483 e. The van der Waals surface area contributed by atoms with E-state index in [0.29, 0.717) is 38.2 Å². The van der Waals surface area contributed by atoms with Crippen LogP contribution in [-0.4, -0.2) is 52.9 Å². The summed E-state index contributed by atoms with van der Waals surface area (Å²) in [6.45, 7) is 2.09. The van der Waals surface area contributed by atoms with Gasteiger partial charge in [-0.05, 0) is 18.9 Å². The number of rotatable bonds is 6. The second-order valence-electron chi connectivity index (χ2n) is 10.6. The Balaban J connectivity index is 1.44. The number of benzene rings is 2. The lowest BCUT2D eigenvalue weighted by molar-refractivity contribution is -0.193. The zero-order valence-corrected chi connectivity index (χ0v) is 22.7. The fourth-order valence-electron chi connectivity index (χ4n) is 5.86. The molecule has 2 atom stereocenters. The molecule has 6 rings (SSSR count). The number of halogens is 3. The molecule has 1 N–H and O–H groups in total. The molecule has 9 nitrogen and oxygen atoms in total. The molecule has 2 amide bonds. The second-order valence-corrected chi connectivity index (χ2v) is 10.6. The van der Waals surface area contributed by atoms with Gasteiger partial charge in [0.25, 0.3) is 11.8 Å². The molecule has 3 aromatic rings. The van der Waals surface area contributed by atoms with Crippen LogP contribution in [0.4, 0.5) is 13.2 Å². The van der Waals surface area contributed by atoms with E-state index in [2.05, 4.69) is 5.32 Å². The number of aromatic nitrogens is 1. The summed E-state index contributed by atoms with van der Waals surface area (Å²) in [5, 5.41) is 2.34. The van der Waals surface area contributed by atoms with Gasteiger partial charge < -0.3 is 29.0 Å². The average molecular weight is 584 g/mol. The molecule has 4 heterocycles. The van der Waals surface area contributed by atoms with Crippen LogP contribution in [0.3, 0.4) is 0 Å². The number of nitrogens with one attached hydrogen (secondary N) is 1. The first kappa shape index (κ1) is 28.0. The molecule has 3 aliphatic heterocycles. The number of carbonyl (C=O) groups is 2. The Morgan fingerprint density at radius 1 is 1.10 bits per heavy atom. The van der Waals surface area contributed by atoms with Gasteiger partial charge in [0.1, 0.15) is 35.7 Å². The Morgan fingerprint density at radius 3 is 2.48 bits per heavy atom. The summed E-state index contributed by atoms with van der Waals surface area (Å²) in [5.41, 5.74) is -1.15. The van der Waals surface area contributed by atoms with E-state index in [9.17, 15) is 27.6 Å². The zero-order chi connectivity index (χ0) is 29.6. The maximum atomic E-state index is 14.2. The zero-order valence-electron chi connectivity index (χ0n) is 22.7. The Bertz CT molecular complexity index is 1580. The highest BCUT2D eigenvalue weighted by Gasteiger charge is 2.53. The Morgan fingerprint density at radius 2 is 1.79 bits per heavy atom. The van der Waals surface area contributed by atoms with Gasteiger partial charge >= 0.3 is 0 Å². The van der Waals surface area contributed by atoms with E-state index in [1.165, 1.54) is 10.8 Å². The highest BCUT2D eigenvalue weighted by molar-refractivity contribution is 5.99. The van der Waals surface area contributed by atoms with Crippen LogP contribution >= 0.6 is 0 Å². The second kappa shape index (κ2) is 10.9. The van der Waals surface area contributed by atoms with E-state index in [4.69, 9.17) is 14.2 Å². The molecule has 3 aliphatic rings. The van der Waals surface area contributed by atoms with Crippen molar-refractivity contribution in [1.82, 2.24) is 14.8 Å². The third-order valence-electron chi connectivity index (χ3n) is 8.09. The van der Waals surface area contributed by atoms with Crippen LogP contribution in [-0.2, 0) is 22.6 Å². The van der Waals surface area contributed by atoms with Crippen LogP contribution in [0.15, 0.2) is 53.5 Å². The molecule has 2 bridgehead atoms.